The minimum Gasteiger partial charge on any atom is -0.396 e. The van der Waals surface area contributed by atoms with E-state index in [0.717, 1.165) is 28.9 Å². The lowest BCUT2D eigenvalue weighted by Crippen LogP contribution is -2.31. The second-order valence-corrected chi connectivity index (χ2v) is 10.3. The van der Waals surface area contributed by atoms with Crippen LogP contribution in [0.3, 0.4) is 0 Å². The smallest absolute Gasteiger partial charge is 0.250 e. The number of nitrogens with two attached hydrogens (primary N) is 1. The Balaban J connectivity index is 0.000000379. The summed E-state index contributed by atoms with van der Waals surface area (Å²) in [5, 5.41) is 1.03. The van der Waals surface area contributed by atoms with E-state index < -0.39 is 0 Å². The summed E-state index contributed by atoms with van der Waals surface area (Å²) in [6.07, 6.45) is 13.6. The average molecular weight is 483 g/mol. The lowest BCUT2D eigenvalue weighted by atomic mass is 9.84. The van der Waals surface area contributed by atoms with Crippen LogP contribution in [-0.2, 0) is 7.05 Å². The molecule has 1 aliphatic rings. The van der Waals surface area contributed by atoms with Crippen molar-refractivity contribution in [2.24, 2.45) is 24.8 Å². The zero-order chi connectivity index (χ0) is 25.3. The molecule has 34 heavy (non-hydrogen) atoms. The molecule has 5 nitrogen and oxygen atoms in total. The topological polar surface area (TPSA) is 64.2 Å². The summed E-state index contributed by atoms with van der Waals surface area (Å²) in [6.45, 7) is 13.3. The Labute approximate surface area is 208 Å². The molecule has 2 atom stereocenters. The van der Waals surface area contributed by atoms with E-state index >= 15 is 0 Å². The Kier molecular flexibility index (Phi) is 11.0. The first-order valence-corrected chi connectivity index (χ1v) is 13.1. The van der Waals surface area contributed by atoms with Crippen LogP contribution in [0.5, 0.6) is 0 Å². The summed E-state index contributed by atoms with van der Waals surface area (Å²) in [4.78, 5) is 17.6. The van der Waals surface area contributed by atoms with Crippen LogP contribution in [-0.4, -0.2) is 9.55 Å². The normalized spacial score (nSPS) is 15.4. The van der Waals surface area contributed by atoms with Crippen molar-refractivity contribution in [3.05, 3.63) is 71.1 Å². The second-order valence-electron chi connectivity index (χ2n) is 9.62. The van der Waals surface area contributed by atoms with Crippen molar-refractivity contribution in [3.63, 3.8) is 0 Å². The average Bonchev–Trinajstić information content (AvgIpc) is 2.83. The molecule has 0 aliphatic heterocycles. The molecular formula is C28H43N4OP. The SMILES string of the molecule is C=C(C(C)C)N(/C(=C\C(C)CC)C1CCCCC1)c1ncccc1N.Cn1cc(P)ccc1=O. The maximum absolute atomic E-state index is 10.7. The largest absolute Gasteiger partial charge is 0.396 e. The predicted octanol–water partition coefficient (Wildman–Crippen LogP) is 6.04. The molecule has 186 valence electrons. The van der Waals surface area contributed by atoms with E-state index in [2.05, 4.69) is 59.5 Å². The highest BCUT2D eigenvalue weighted by molar-refractivity contribution is 7.27. The number of pyridine rings is 2. The Hall–Kier alpha value is -2.39. The molecule has 1 saturated carbocycles. The van der Waals surface area contributed by atoms with E-state index in [9.17, 15) is 4.79 Å². The summed E-state index contributed by atoms with van der Waals surface area (Å²) in [5.41, 5.74) is 9.50. The highest BCUT2D eigenvalue weighted by Crippen LogP contribution is 2.39. The summed E-state index contributed by atoms with van der Waals surface area (Å²) in [5.74, 6) is 2.27. The van der Waals surface area contributed by atoms with Crippen LogP contribution in [0.25, 0.3) is 0 Å². The van der Waals surface area contributed by atoms with Crippen LogP contribution in [0.15, 0.2) is 65.5 Å². The van der Waals surface area contributed by atoms with Gasteiger partial charge in [-0.15, -0.1) is 9.24 Å². The van der Waals surface area contributed by atoms with E-state index in [1.807, 2.05) is 18.3 Å². The third-order valence-electron chi connectivity index (χ3n) is 6.47. The fraction of sp³-hybridized carbons (Fsp3) is 0.500. The summed E-state index contributed by atoms with van der Waals surface area (Å²) in [6, 6.07) is 7.15. The van der Waals surface area contributed by atoms with Gasteiger partial charge in [-0.3, -0.25) is 4.79 Å². The number of hydrogen-bond donors (Lipinski definition) is 1. The van der Waals surface area contributed by atoms with Crippen LogP contribution in [0.4, 0.5) is 11.5 Å². The number of rotatable bonds is 7. The van der Waals surface area contributed by atoms with Gasteiger partial charge >= 0.3 is 0 Å². The first-order valence-electron chi connectivity index (χ1n) is 12.5. The summed E-state index contributed by atoms with van der Waals surface area (Å²) in [7, 11) is 4.26. The van der Waals surface area contributed by atoms with Crippen LogP contribution in [0, 0.1) is 17.8 Å². The van der Waals surface area contributed by atoms with Crippen LogP contribution < -0.4 is 21.5 Å². The molecule has 2 aromatic heterocycles. The number of nitrogens with zero attached hydrogens (tertiary/aromatic N) is 3. The lowest BCUT2D eigenvalue weighted by molar-refractivity contribution is 0.393. The van der Waals surface area contributed by atoms with Gasteiger partial charge in [0, 0.05) is 36.9 Å². The van der Waals surface area contributed by atoms with Gasteiger partial charge in [-0.25, -0.2) is 4.98 Å². The van der Waals surface area contributed by atoms with Gasteiger partial charge in [0.15, 0.2) is 5.82 Å². The zero-order valence-corrected chi connectivity index (χ0v) is 22.8. The fourth-order valence-corrected chi connectivity index (χ4v) is 4.41. The Bertz CT molecular complexity index is 1020. The molecule has 2 heterocycles. The van der Waals surface area contributed by atoms with Gasteiger partial charge in [-0.05, 0) is 54.1 Å². The number of aromatic nitrogens is 2. The molecule has 0 spiro atoms. The quantitative estimate of drug-likeness (QED) is 0.489. The molecule has 6 heteroatoms. The maximum Gasteiger partial charge on any atom is 0.250 e. The van der Waals surface area contributed by atoms with E-state index in [4.69, 9.17) is 5.73 Å². The van der Waals surface area contributed by atoms with Gasteiger partial charge in [0.05, 0.1) is 5.69 Å². The fourth-order valence-electron chi connectivity index (χ4n) is 4.09. The summed E-state index contributed by atoms with van der Waals surface area (Å²) < 4.78 is 1.54. The Morgan fingerprint density at radius 1 is 1.26 bits per heavy atom. The molecular weight excluding hydrogens is 439 g/mol. The van der Waals surface area contributed by atoms with Gasteiger partial charge in [0.2, 0.25) is 5.56 Å². The highest BCUT2D eigenvalue weighted by Gasteiger charge is 2.28. The number of anilines is 2. The highest BCUT2D eigenvalue weighted by atomic mass is 31.0. The van der Waals surface area contributed by atoms with Gasteiger partial charge < -0.3 is 15.2 Å². The third kappa shape index (κ3) is 7.84. The molecule has 2 N–H and O–H groups in total. The van der Waals surface area contributed by atoms with Gasteiger partial charge in [-0.1, -0.05) is 66.0 Å². The zero-order valence-electron chi connectivity index (χ0n) is 21.6. The number of nitrogen functional groups attached to an aromatic ring is 1. The first kappa shape index (κ1) is 27.9. The van der Waals surface area contributed by atoms with Crippen LogP contribution in [0.1, 0.15) is 66.2 Å². The molecule has 2 unspecified atom stereocenters. The van der Waals surface area contributed by atoms with Gasteiger partial charge in [0.1, 0.15) is 0 Å². The van der Waals surface area contributed by atoms with Gasteiger partial charge in [-0.2, -0.15) is 0 Å². The third-order valence-corrected chi connectivity index (χ3v) is 6.81. The van der Waals surface area contributed by atoms with Crippen LogP contribution >= 0.6 is 9.24 Å². The Morgan fingerprint density at radius 2 is 1.94 bits per heavy atom. The predicted molar refractivity (Wildman–Crippen MR) is 150 cm³/mol. The van der Waals surface area contributed by atoms with Crippen molar-refractivity contribution < 1.29 is 0 Å². The molecule has 0 radical (unpaired) electrons. The molecule has 0 saturated heterocycles. The van der Waals surface area contributed by atoms with E-state index in [-0.39, 0.29) is 5.56 Å². The number of aryl methyl sites for hydroxylation is 1. The van der Waals surface area contributed by atoms with Crippen molar-refractivity contribution in [1.82, 2.24) is 9.55 Å². The van der Waals surface area contributed by atoms with Crippen molar-refractivity contribution in [3.8, 4) is 0 Å². The molecule has 0 bridgehead atoms. The monoisotopic (exact) mass is 482 g/mol. The maximum atomic E-state index is 10.7. The van der Waals surface area contributed by atoms with Crippen molar-refractivity contribution >= 4 is 26.0 Å². The van der Waals surface area contributed by atoms with Crippen molar-refractivity contribution in [2.45, 2.75) is 66.2 Å². The van der Waals surface area contributed by atoms with E-state index in [1.54, 1.807) is 29.9 Å². The van der Waals surface area contributed by atoms with Gasteiger partial charge in [0.25, 0.3) is 0 Å². The van der Waals surface area contributed by atoms with Crippen LogP contribution in [0.2, 0.25) is 0 Å². The molecule has 0 amide bonds. The molecule has 3 rings (SSSR count). The summed E-state index contributed by atoms with van der Waals surface area (Å²) >= 11 is 0. The number of allylic oxidation sites excluding steroid dienone is 3. The Morgan fingerprint density at radius 3 is 2.47 bits per heavy atom. The minimum atomic E-state index is 0.0289. The standard InChI is InChI=1S/C22H35N3.C6H8NOP/c1-6-17(4)15-21(19-11-8-7-9-12-19)25(18(5)16(2)3)22-20(23)13-10-14-24-22;1-7-4-5(9)2-3-6(7)8/h10,13-17,19H,5-9,11-12,23H2,1-4H3;2-4H,9H2,1H3/b21-15-;. The molecule has 1 aliphatic carbocycles. The molecule has 1 fully saturated rings. The number of hydrogen-bond acceptors (Lipinski definition) is 4. The second kappa shape index (κ2) is 13.5. The molecule has 0 aromatic carbocycles. The first-order chi connectivity index (χ1) is 16.1. The minimum absolute atomic E-state index is 0.0289. The lowest BCUT2D eigenvalue weighted by Gasteiger charge is -2.37. The molecule has 2 aromatic rings. The van der Waals surface area contributed by atoms with Crippen molar-refractivity contribution in [1.29, 1.82) is 0 Å². The van der Waals surface area contributed by atoms with E-state index in [1.165, 1.54) is 37.8 Å². The van der Waals surface area contributed by atoms with Crippen molar-refractivity contribution in [2.75, 3.05) is 10.6 Å². The van der Waals surface area contributed by atoms with E-state index in [0.29, 0.717) is 17.8 Å².